The van der Waals surface area contributed by atoms with Gasteiger partial charge in [0.1, 0.15) is 6.17 Å². The first kappa shape index (κ1) is 15.3. The Bertz CT molecular complexity index is 738. The molecule has 0 aromatic heterocycles. The summed E-state index contributed by atoms with van der Waals surface area (Å²) in [5.41, 5.74) is 0.119. The van der Waals surface area contributed by atoms with E-state index in [0.29, 0.717) is 6.42 Å². The lowest BCUT2D eigenvalue weighted by Gasteiger charge is -2.14. The van der Waals surface area contributed by atoms with E-state index in [1.54, 1.807) is 6.92 Å². The van der Waals surface area contributed by atoms with E-state index in [-0.39, 0.29) is 35.1 Å². The predicted molar refractivity (Wildman–Crippen MR) is 73.4 cm³/mol. The lowest BCUT2D eigenvalue weighted by Crippen LogP contribution is -2.10. The van der Waals surface area contributed by atoms with Crippen molar-refractivity contribution in [3.63, 3.8) is 0 Å². The Morgan fingerprint density at radius 3 is 2.52 bits per heavy atom. The molecule has 0 spiro atoms. The molecule has 0 amide bonds. The van der Waals surface area contributed by atoms with Gasteiger partial charge >= 0.3 is 23.9 Å². The number of fused-ring (bicyclic) bond motifs is 1. The van der Waals surface area contributed by atoms with Gasteiger partial charge in [-0.2, -0.15) is 0 Å². The van der Waals surface area contributed by atoms with Crippen molar-refractivity contribution in [3.05, 3.63) is 34.4 Å². The van der Waals surface area contributed by atoms with Gasteiger partial charge in [0.15, 0.2) is 0 Å². The fourth-order valence-corrected chi connectivity index (χ4v) is 2.85. The van der Waals surface area contributed by atoms with Crippen molar-refractivity contribution in [2.45, 2.75) is 38.3 Å². The van der Waals surface area contributed by atoms with Crippen LogP contribution < -0.4 is 0 Å². The van der Waals surface area contributed by atoms with Crippen LogP contribution in [0.15, 0.2) is 12.1 Å². The van der Waals surface area contributed by atoms with E-state index >= 15 is 0 Å². The van der Waals surface area contributed by atoms with Gasteiger partial charge in [-0.15, -0.1) is 0 Å². The van der Waals surface area contributed by atoms with Crippen LogP contribution in [-0.2, 0) is 19.1 Å². The van der Waals surface area contributed by atoms with E-state index < -0.39 is 36.0 Å². The molecule has 1 aromatic carbocycles. The molecule has 0 saturated carbocycles. The summed E-state index contributed by atoms with van der Waals surface area (Å²) in [6.45, 7) is 1.78. The van der Waals surface area contributed by atoms with Gasteiger partial charge in [-0.1, -0.05) is 19.4 Å². The molecule has 2 aliphatic rings. The number of esters is 4. The highest BCUT2D eigenvalue weighted by molar-refractivity contribution is 6.16. The molecule has 2 atom stereocenters. The number of carbonyl (C=O) groups excluding carboxylic acids is 4. The van der Waals surface area contributed by atoms with Crippen LogP contribution in [0.3, 0.4) is 0 Å². The number of alkyl halides is 1. The molecule has 0 N–H and O–H groups in total. The molecule has 0 bridgehead atoms. The Labute approximate surface area is 130 Å². The van der Waals surface area contributed by atoms with Crippen molar-refractivity contribution in [2.75, 3.05) is 0 Å². The first-order valence-electron chi connectivity index (χ1n) is 7.25. The molecule has 2 heterocycles. The maximum atomic E-state index is 14.4. The number of halogens is 1. The van der Waals surface area contributed by atoms with Crippen molar-refractivity contribution >= 4 is 23.9 Å². The summed E-state index contributed by atoms with van der Waals surface area (Å²) < 4.78 is 23.5. The maximum Gasteiger partial charge on any atom is 0.347 e. The lowest BCUT2D eigenvalue weighted by molar-refractivity contribution is -0.152. The van der Waals surface area contributed by atoms with Gasteiger partial charge in [0.25, 0.3) is 0 Å². The normalized spacial score (nSPS) is 21.2. The number of rotatable bonds is 4. The van der Waals surface area contributed by atoms with E-state index in [9.17, 15) is 23.6 Å². The maximum absolute atomic E-state index is 14.4. The SMILES string of the molecule is CCCC(F)c1cc(C2CC(=O)OC2=O)cc2c1C(=O)OC2=O. The Morgan fingerprint density at radius 1 is 1.17 bits per heavy atom. The molecule has 1 saturated heterocycles. The fourth-order valence-electron chi connectivity index (χ4n) is 2.85. The Balaban J connectivity index is 2.13. The largest absolute Gasteiger partial charge is 0.393 e. The molecule has 1 fully saturated rings. The first-order chi connectivity index (χ1) is 10.9. The van der Waals surface area contributed by atoms with Crippen molar-refractivity contribution in [1.82, 2.24) is 0 Å². The molecule has 1 aromatic rings. The topological polar surface area (TPSA) is 86.7 Å². The second-order valence-electron chi connectivity index (χ2n) is 5.52. The van der Waals surface area contributed by atoms with Crippen molar-refractivity contribution in [3.8, 4) is 0 Å². The van der Waals surface area contributed by atoms with Crippen LogP contribution in [-0.4, -0.2) is 23.9 Å². The number of carbonyl (C=O) groups is 4. The molecule has 7 heteroatoms. The standard InChI is InChI=1S/C16H13FO6/c1-2-3-11(17)9-4-7(8-6-12(18)22-14(8)19)5-10-13(9)16(21)23-15(10)20/h4-5,8,11H,2-3,6H2,1H3. The van der Waals surface area contributed by atoms with E-state index in [1.165, 1.54) is 12.1 Å². The van der Waals surface area contributed by atoms with Crippen molar-refractivity contribution in [1.29, 1.82) is 0 Å². The quantitative estimate of drug-likeness (QED) is 0.625. The average Bonchev–Trinajstić information content (AvgIpc) is 2.98. The van der Waals surface area contributed by atoms with Crippen LogP contribution >= 0.6 is 0 Å². The number of hydrogen-bond donors (Lipinski definition) is 0. The summed E-state index contributed by atoms with van der Waals surface area (Å²) >= 11 is 0. The molecule has 3 rings (SSSR count). The van der Waals surface area contributed by atoms with Gasteiger partial charge in [0, 0.05) is 5.56 Å². The molecule has 2 unspecified atom stereocenters. The summed E-state index contributed by atoms with van der Waals surface area (Å²) in [5.74, 6) is -4.09. The van der Waals surface area contributed by atoms with Crippen molar-refractivity contribution < 1.29 is 33.0 Å². The van der Waals surface area contributed by atoms with Crippen LogP contribution in [0.1, 0.15) is 70.1 Å². The number of hydrogen-bond acceptors (Lipinski definition) is 6. The highest BCUT2D eigenvalue weighted by Crippen LogP contribution is 2.37. The predicted octanol–water partition coefficient (Wildman–Crippen LogP) is 2.37. The summed E-state index contributed by atoms with van der Waals surface area (Å²) in [6, 6.07) is 2.65. The van der Waals surface area contributed by atoms with Gasteiger partial charge in [0.2, 0.25) is 0 Å². The zero-order valence-electron chi connectivity index (χ0n) is 12.3. The third kappa shape index (κ3) is 2.52. The van der Waals surface area contributed by atoms with Crippen LogP contribution in [0.2, 0.25) is 0 Å². The van der Waals surface area contributed by atoms with Gasteiger partial charge in [-0.3, -0.25) is 9.59 Å². The third-order valence-corrected chi connectivity index (χ3v) is 3.95. The molecular formula is C16H13FO6. The van der Waals surface area contributed by atoms with Gasteiger partial charge in [-0.05, 0) is 18.1 Å². The zero-order chi connectivity index (χ0) is 16.7. The van der Waals surface area contributed by atoms with Gasteiger partial charge in [0.05, 0.1) is 23.5 Å². The summed E-state index contributed by atoms with van der Waals surface area (Å²) in [6.07, 6.45) is -0.955. The second-order valence-corrected chi connectivity index (χ2v) is 5.52. The monoisotopic (exact) mass is 320 g/mol. The number of ether oxygens (including phenoxy) is 2. The highest BCUT2D eigenvalue weighted by atomic mass is 19.1. The summed E-state index contributed by atoms with van der Waals surface area (Å²) in [5, 5.41) is 0. The number of benzene rings is 1. The summed E-state index contributed by atoms with van der Waals surface area (Å²) in [7, 11) is 0. The lowest BCUT2D eigenvalue weighted by atomic mass is 9.88. The smallest absolute Gasteiger partial charge is 0.347 e. The minimum absolute atomic E-state index is 0.0161. The van der Waals surface area contributed by atoms with E-state index in [2.05, 4.69) is 9.47 Å². The Kier molecular flexibility index (Phi) is 3.71. The Morgan fingerprint density at radius 2 is 1.91 bits per heavy atom. The van der Waals surface area contributed by atoms with E-state index in [4.69, 9.17) is 0 Å². The van der Waals surface area contributed by atoms with Crippen LogP contribution in [0, 0.1) is 0 Å². The van der Waals surface area contributed by atoms with Crippen LogP contribution in [0.4, 0.5) is 4.39 Å². The second kappa shape index (κ2) is 5.57. The molecule has 6 nitrogen and oxygen atoms in total. The fraction of sp³-hybridized carbons (Fsp3) is 0.375. The minimum atomic E-state index is -1.47. The first-order valence-corrected chi connectivity index (χ1v) is 7.25. The molecule has 23 heavy (non-hydrogen) atoms. The van der Waals surface area contributed by atoms with Gasteiger partial charge in [-0.25, -0.2) is 14.0 Å². The van der Waals surface area contributed by atoms with E-state index in [1.807, 2.05) is 0 Å². The molecule has 0 aliphatic carbocycles. The zero-order valence-corrected chi connectivity index (χ0v) is 12.3. The summed E-state index contributed by atoms with van der Waals surface area (Å²) in [4.78, 5) is 46.5. The molecule has 120 valence electrons. The van der Waals surface area contributed by atoms with Gasteiger partial charge < -0.3 is 9.47 Å². The minimum Gasteiger partial charge on any atom is -0.393 e. The average molecular weight is 320 g/mol. The van der Waals surface area contributed by atoms with Crippen LogP contribution in [0.5, 0.6) is 0 Å². The molecular weight excluding hydrogens is 307 g/mol. The molecule has 0 radical (unpaired) electrons. The third-order valence-electron chi connectivity index (χ3n) is 3.95. The van der Waals surface area contributed by atoms with Crippen LogP contribution in [0.25, 0.3) is 0 Å². The van der Waals surface area contributed by atoms with E-state index in [0.717, 1.165) is 0 Å². The highest BCUT2D eigenvalue weighted by Gasteiger charge is 2.39. The number of cyclic esters (lactones) is 4. The molecule has 2 aliphatic heterocycles. The van der Waals surface area contributed by atoms with Crippen molar-refractivity contribution in [2.24, 2.45) is 0 Å². The Hall–Kier alpha value is -2.57.